The molecule has 0 radical (unpaired) electrons. The zero-order valence-electron chi connectivity index (χ0n) is 8.34. The third-order valence-electron chi connectivity index (χ3n) is 2.19. The molecule has 1 aliphatic rings. The Kier molecular flexibility index (Phi) is 4.39. The summed E-state index contributed by atoms with van der Waals surface area (Å²) < 4.78 is 5.18. The molecule has 0 unspecified atom stereocenters. The minimum absolute atomic E-state index is 0.132. The topological polar surface area (TPSA) is 67.4 Å². The van der Waals surface area contributed by atoms with Gasteiger partial charge < -0.3 is 4.74 Å². The SMILES string of the molecule is CC(=O)NNC(=O)CC1CCOCC1. The lowest BCUT2D eigenvalue weighted by atomic mass is 9.96. The van der Waals surface area contributed by atoms with Gasteiger partial charge >= 0.3 is 0 Å². The van der Waals surface area contributed by atoms with E-state index in [1.807, 2.05) is 0 Å². The normalized spacial score (nSPS) is 17.5. The molecule has 0 bridgehead atoms. The van der Waals surface area contributed by atoms with Crippen LogP contribution in [0.25, 0.3) is 0 Å². The Morgan fingerprint density at radius 2 is 1.93 bits per heavy atom. The second kappa shape index (κ2) is 5.59. The number of carbonyl (C=O) groups is 2. The fraction of sp³-hybridized carbons (Fsp3) is 0.778. The summed E-state index contributed by atoms with van der Waals surface area (Å²) in [5.41, 5.74) is 4.62. The summed E-state index contributed by atoms with van der Waals surface area (Å²) in [7, 11) is 0. The number of rotatable bonds is 2. The van der Waals surface area contributed by atoms with Crippen molar-refractivity contribution in [3.8, 4) is 0 Å². The number of hydrazine groups is 1. The van der Waals surface area contributed by atoms with Crippen LogP contribution in [0.15, 0.2) is 0 Å². The van der Waals surface area contributed by atoms with Gasteiger partial charge in [0.15, 0.2) is 0 Å². The minimum Gasteiger partial charge on any atom is -0.381 e. The summed E-state index contributed by atoms with van der Waals surface area (Å²) in [5, 5.41) is 0. The maximum atomic E-state index is 11.2. The van der Waals surface area contributed by atoms with Gasteiger partial charge in [0, 0.05) is 26.6 Å². The van der Waals surface area contributed by atoms with Crippen molar-refractivity contribution in [3.63, 3.8) is 0 Å². The Morgan fingerprint density at radius 1 is 1.29 bits per heavy atom. The van der Waals surface area contributed by atoms with Gasteiger partial charge in [-0.1, -0.05) is 0 Å². The van der Waals surface area contributed by atoms with Crippen LogP contribution in [0.2, 0.25) is 0 Å². The lowest BCUT2D eigenvalue weighted by Gasteiger charge is -2.21. The maximum absolute atomic E-state index is 11.2. The summed E-state index contributed by atoms with van der Waals surface area (Å²) in [6, 6.07) is 0. The standard InChI is InChI=1S/C9H16N2O3/c1-7(12)10-11-9(13)6-8-2-4-14-5-3-8/h8H,2-6H2,1H3,(H,10,12)(H,11,13). The van der Waals surface area contributed by atoms with Gasteiger partial charge in [0.25, 0.3) is 0 Å². The van der Waals surface area contributed by atoms with E-state index in [0.717, 1.165) is 26.1 Å². The molecule has 14 heavy (non-hydrogen) atoms. The molecular formula is C9H16N2O3. The Balaban J connectivity index is 2.15. The number of amides is 2. The van der Waals surface area contributed by atoms with Gasteiger partial charge in [-0.3, -0.25) is 20.4 Å². The van der Waals surface area contributed by atoms with Crippen LogP contribution in [-0.2, 0) is 14.3 Å². The molecule has 1 saturated heterocycles. The molecule has 1 fully saturated rings. The lowest BCUT2D eigenvalue weighted by Crippen LogP contribution is -2.41. The van der Waals surface area contributed by atoms with Crippen LogP contribution < -0.4 is 10.9 Å². The number of ether oxygens (including phenoxy) is 1. The fourth-order valence-corrected chi connectivity index (χ4v) is 1.42. The average Bonchev–Trinajstić information content (AvgIpc) is 2.16. The molecule has 1 rings (SSSR count). The lowest BCUT2D eigenvalue weighted by molar-refractivity contribution is -0.128. The highest BCUT2D eigenvalue weighted by atomic mass is 16.5. The van der Waals surface area contributed by atoms with Gasteiger partial charge in [-0.05, 0) is 18.8 Å². The molecule has 0 saturated carbocycles. The minimum atomic E-state index is -0.259. The first-order valence-corrected chi connectivity index (χ1v) is 4.81. The second-order valence-electron chi connectivity index (χ2n) is 3.49. The predicted molar refractivity (Wildman–Crippen MR) is 50.1 cm³/mol. The van der Waals surface area contributed by atoms with Crippen molar-refractivity contribution in [2.45, 2.75) is 26.2 Å². The Hall–Kier alpha value is -1.10. The average molecular weight is 200 g/mol. The van der Waals surface area contributed by atoms with E-state index < -0.39 is 0 Å². The van der Waals surface area contributed by atoms with Gasteiger partial charge in [-0.2, -0.15) is 0 Å². The molecule has 0 aliphatic carbocycles. The number of nitrogens with one attached hydrogen (secondary N) is 2. The van der Waals surface area contributed by atoms with Crippen molar-refractivity contribution in [1.29, 1.82) is 0 Å². The Bertz CT molecular complexity index is 212. The molecule has 0 aromatic heterocycles. The fourth-order valence-electron chi connectivity index (χ4n) is 1.42. The number of hydrogen-bond acceptors (Lipinski definition) is 3. The molecule has 0 aromatic carbocycles. The van der Waals surface area contributed by atoms with Crippen molar-refractivity contribution >= 4 is 11.8 Å². The summed E-state index contributed by atoms with van der Waals surface area (Å²) >= 11 is 0. The Morgan fingerprint density at radius 3 is 2.50 bits per heavy atom. The quantitative estimate of drug-likeness (QED) is 0.615. The van der Waals surface area contributed by atoms with E-state index in [2.05, 4.69) is 10.9 Å². The largest absolute Gasteiger partial charge is 0.381 e. The van der Waals surface area contributed by atoms with E-state index in [1.165, 1.54) is 6.92 Å². The van der Waals surface area contributed by atoms with E-state index in [9.17, 15) is 9.59 Å². The molecule has 2 N–H and O–H groups in total. The van der Waals surface area contributed by atoms with Gasteiger partial charge in [-0.15, -0.1) is 0 Å². The van der Waals surface area contributed by atoms with Crippen LogP contribution in [0.3, 0.4) is 0 Å². The van der Waals surface area contributed by atoms with Gasteiger partial charge in [0.1, 0.15) is 0 Å². The highest BCUT2D eigenvalue weighted by Crippen LogP contribution is 2.17. The molecular weight excluding hydrogens is 184 g/mol. The molecule has 2 amide bonds. The third kappa shape index (κ3) is 4.23. The van der Waals surface area contributed by atoms with Gasteiger partial charge in [0.05, 0.1) is 0 Å². The third-order valence-corrected chi connectivity index (χ3v) is 2.19. The monoisotopic (exact) mass is 200 g/mol. The first-order chi connectivity index (χ1) is 6.68. The van der Waals surface area contributed by atoms with E-state index >= 15 is 0 Å². The molecule has 0 atom stereocenters. The maximum Gasteiger partial charge on any atom is 0.238 e. The van der Waals surface area contributed by atoms with Crippen molar-refractivity contribution in [2.24, 2.45) is 5.92 Å². The molecule has 80 valence electrons. The van der Waals surface area contributed by atoms with Crippen LogP contribution in [0.1, 0.15) is 26.2 Å². The highest BCUT2D eigenvalue weighted by molar-refractivity contribution is 5.80. The van der Waals surface area contributed by atoms with Crippen LogP contribution in [0.4, 0.5) is 0 Å². The summed E-state index contributed by atoms with van der Waals surface area (Å²) in [4.78, 5) is 21.7. The van der Waals surface area contributed by atoms with Gasteiger partial charge in [0.2, 0.25) is 11.8 Å². The molecule has 1 aliphatic heterocycles. The van der Waals surface area contributed by atoms with Crippen LogP contribution in [-0.4, -0.2) is 25.0 Å². The van der Waals surface area contributed by atoms with E-state index in [-0.39, 0.29) is 11.8 Å². The first-order valence-electron chi connectivity index (χ1n) is 4.81. The zero-order chi connectivity index (χ0) is 10.4. The van der Waals surface area contributed by atoms with E-state index in [1.54, 1.807) is 0 Å². The molecule has 1 heterocycles. The predicted octanol–water partition coefficient (Wildman–Crippen LogP) is -0.0296. The van der Waals surface area contributed by atoms with Crippen molar-refractivity contribution in [1.82, 2.24) is 10.9 Å². The second-order valence-corrected chi connectivity index (χ2v) is 3.49. The molecule has 5 nitrogen and oxygen atoms in total. The summed E-state index contributed by atoms with van der Waals surface area (Å²) in [6.45, 7) is 2.82. The first kappa shape index (κ1) is 11.0. The van der Waals surface area contributed by atoms with Crippen LogP contribution >= 0.6 is 0 Å². The Labute approximate surface area is 83.2 Å². The van der Waals surface area contributed by atoms with Crippen molar-refractivity contribution in [2.75, 3.05) is 13.2 Å². The van der Waals surface area contributed by atoms with Crippen molar-refractivity contribution in [3.05, 3.63) is 0 Å². The summed E-state index contributed by atoms with van der Waals surface area (Å²) in [5.74, 6) is -0.00469. The number of hydrogen-bond donors (Lipinski definition) is 2. The molecule has 0 spiro atoms. The van der Waals surface area contributed by atoms with Crippen molar-refractivity contribution < 1.29 is 14.3 Å². The summed E-state index contributed by atoms with van der Waals surface area (Å²) in [6.07, 6.45) is 2.31. The van der Waals surface area contributed by atoms with E-state index in [4.69, 9.17) is 4.74 Å². The van der Waals surface area contributed by atoms with Crippen LogP contribution in [0, 0.1) is 5.92 Å². The van der Waals surface area contributed by atoms with Gasteiger partial charge in [-0.25, -0.2) is 0 Å². The number of carbonyl (C=O) groups excluding carboxylic acids is 2. The molecule has 0 aromatic rings. The van der Waals surface area contributed by atoms with E-state index in [0.29, 0.717) is 12.3 Å². The van der Waals surface area contributed by atoms with Crippen LogP contribution in [0.5, 0.6) is 0 Å². The molecule has 5 heteroatoms. The smallest absolute Gasteiger partial charge is 0.238 e. The highest BCUT2D eigenvalue weighted by Gasteiger charge is 2.17. The zero-order valence-corrected chi connectivity index (χ0v) is 8.34.